The summed E-state index contributed by atoms with van der Waals surface area (Å²) in [5.74, 6) is 1.43. The zero-order valence-electron chi connectivity index (χ0n) is 23.3. The van der Waals surface area contributed by atoms with Crippen LogP contribution < -0.4 is 16.0 Å². The van der Waals surface area contributed by atoms with Crippen LogP contribution in [0.25, 0.3) is 17.1 Å². The lowest BCUT2D eigenvalue weighted by Gasteiger charge is -2.35. The lowest BCUT2D eigenvalue weighted by Crippen LogP contribution is -2.38. The van der Waals surface area contributed by atoms with E-state index in [1.165, 1.54) is 48.8 Å². The molecular weight excluding hydrogens is 517 g/mol. The Balaban J connectivity index is 1.03. The predicted molar refractivity (Wildman–Crippen MR) is 159 cm³/mol. The Bertz CT molecular complexity index is 1540. The van der Waals surface area contributed by atoms with Gasteiger partial charge in [0.05, 0.1) is 11.4 Å². The summed E-state index contributed by atoms with van der Waals surface area (Å²) in [7, 11) is 0. The number of aromatic nitrogens is 5. The van der Waals surface area contributed by atoms with Crippen LogP contribution in [0.1, 0.15) is 43.2 Å². The van der Waals surface area contributed by atoms with Crippen LogP contribution in [-0.2, 0) is 12.8 Å². The molecule has 3 aliphatic rings. The van der Waals surface area contributed by atoms with Crippen molar-refractivity contribution >= 4 is 23.3 Å². The summed E-state index contributed by atoms with van der Waals surface area (Å²) in [6.07, 6.45) is 7.80. The third kappa shape index (κ3) is 5.36. The summed E-state index contributed by atoms with van der Waals surface area (Å²) in [4.78, 5) is 9.11. The number of nitrogens with one attached hydrogen (secondary N) is 1. The zero-order valence-corrected chi connectivity index (χ0v) is 23.3. The molecule has 3 N–H and O–H groups in total. The molecule has 212 valence electrons. The predicted octanol–water partition coefficient (Wildman–Crippen LogP) is 4.99. The van der Waals surface area contributed by atoms with E-state index in [1.807, 2.05) is 24.3 Å². The van der Waals surface area contributed by atoms with E-state index in [9.17, 15) is 0 Å². The minimum absolute atomic E-state index is 0.185. The first-order valence-electron chi connectivity index (χ1n) is 14.8. The zero-order chi connectivity index (χ0) is 27.8. The van der Waals surface area contributed by atoms with Crippen LogP contribution in [0.2, 0.25) is 0 Å². The Morgan fingerprint density at radius 1 is 0.902 bits per heavy atom. The number of nitrogens with zero attached hydrogens (tertiary/aromatic N) is 7. The van der Waals surface area contributed by atoms with Crippen LogP contribution in [0.3, 0.4) is 0 Å². The molecule has 0 amide bonds. The molecule has 0 spiro atoms. The van der Waals surface area contributed by atoms with Gasteiger partial charge in [0.25, 0.3) is 0 Å². The van der Waals surface area contributed by atoms with Gasteiger partial charge in [0.2, 0.25) is 11.9 Å². The van der Waals surface area contributed by atoms with Crippen molar-refractivity contribution in [2.75, 3.05) is 48.7 Å². The molecule has 0 unspecified atom stereocenters. The number of rotatable bonds is 6. The number of likely N-dealkylation sites (tertiary alicyclic amines) is 1. The van der Waals surface area contributed by atoms with Crippen LogP contribution in [-0.4, -0.2) is 62.6 Å². The van der Waals surface area contributed by atoms with Crippen molar-refractivity contribution in [3.05, 3.63) is 65.5 Å². The molecule has 2 aromatic carbocycles. The maximum atomic E-state index is 15.2. The molecule has 41 heavy (non-hydrogen) atoms. The number of aryl methyl sites for hydroxylation is 2. The summed E-state index contributed by atoms with van der Waals surface area (Å²) < 4.78 is 16.7. The molecule has 0 radical (unpaired) electrons. The van der Waals surface area contributed by atoms with Crippen LogP contribution >= 0.6 is 0 Å². The topological polar surface area (TPSA) is 101 Å². The number of halogens is 1. The lowest BCUT2D eigenvalue weighted by molar-refractivity contribution is 0.249. The van der Waals surface area contributed by atoms with Crippen LogP contribution in [0.5, 0.6) is 0 Å². The Hall–Kier alpha value is -4.05. The van der Waals surface area contributed by atoms with E-state index in [-0.39, 0.29) is 17.7 Å². The molecule has 0 atom stereocenters. The van der Waals surface area contributed by atoms with Crippen molar-refractivity contribution in [2.24, 2.45) is 5.92 Å². The fraction of sp³-hybridized carbons (Fsp3) is 0.419. The number of hydrogen-bond acceptors (Lipinski definition) is 8. The molecule has 4 heterocycles. The van der Waals surface area contributed by atoms with E-state index >= 15 is 4.39 Å². The fourth-order valence-electron chi connectivity index (χ4n) is 6.58. The third-order valence-corrected chi connectivity index (χ3v) is 8.75. The second kappa shape index (κ2) is 11.1. The number of nitrogen functional groups attached to an aromatic ring is 1. The van der Waals surface area contributed by atoms with Gasteiger partial charge in [-0.15, -0.1) is 15.3 Å². The van der Waals surface area contributed by atoms with E-state index in [1.54, 1.807) is 0 Å². The van der Waals surface area contributed by atoms with Gasteiger partial charge < -0.3 is 20.9 Å². The van der Waals surface area contributed by atoms with Crippen molar-refractivity contribution in [1.29, 1.82) is 0 Å². The van der Waals surface area contributed by atoms with Gasteiger partial charge in [-0.1, -0.05) is 24.3 Å². The molecule has 0 saturated carbocycles. The summed E-state index contributed by atoms with van der Waals surface area (Å²) in [6, 6.07) is 15.5. The highest BCUT2D eigenvalue weighted by molar-refractivity contribution is 5.68. The SMILES string of the molecule is Nc1nc(Nc2ccc(N3CCC(CN4CCCC4)CC3)c(F)c2)nn1-c1cc2c(nn1)-c1ccccc1CCC2. The molecule has 10 heteroatoms. The maximum Gasteiger partial charge on any atom is 0.248 e. The molecule has 2 aromatic heterocycles. The van der Waals surface area contributed by atoms with Gasteiger partial charge in [-0.3, -0.25) is 0 Å². The number of nitrogens with two attached hydrogens (primary N) is 1. The Morgan fingerprint density at radius 3 is 2.54 bits per heavy atom. The highest BCUT2D eigenvalue weighted by Crippen LogP contribution is 2.32. The first-order chi connectivity index (χ1) is 20.1. The smallest absolute Gasteiger partial charge is 0.248 e. The molecule has 1 aliphatic carbocycles. The van der Waals surface area contributed by atoms with E-state index in [0.29, 0.717) is 23.1 Å². The van der Waals surface area contributed by atoms with E-state index in [4.69, 9.17) is 5.73 Å². The van der Waals surface area contributed by atoms with Gasteiger partial charge in [0.15, 0.2) is 5.82 Å². The van der Waals surface area contributed by atoms with Crippen molar-refractivity contribution in [1.82, 2.24) is 29.9 Å². The minimum Gasteiger partial charge on any atom is -0.369 e. The van der Waals surface area contributed by atoms with Gasteiger partial charge in [0, 0.05) is 30.9 Å². The number of piperidine rings is 1. The largest absolute Gasteiger partial charge is 0.369 e. The fourth-order valence-corrected chi connectivity index (χ4v) is 6.58. The highest BCUT2D eigenvalue weighted by Gasteiger charge is 2.25. The summed E-state index contributed by atoms with van der Waals surface area (Å²) in [5, 5.41) is 16.6. The number of hydrogen-bond donors (Lipinski definition) is 2. The van der Waals surface area contributed by atoms with E-state index in [2.05, 4.69) is 53.6 Å². The second-order valence-electron chi connectivity index (χ2n) is 11.5. The van der Waals surface area contributed by atoms with Gasteiger partial charge >= 0.3 is 0 Å². The molecule has 7 rings (SSSR count). The standard InChI is InChI=1S/C31H36FN9/c32-26-19-24(10-11-27(26)40-16-12-21(13-17-40)20-39-14-3-4-15-39)34-31-35-30(33)41(38-31)28-18-23-8-5-7-22-6-1-2-9-25(22)29(23)37-36-28/h1-2,6,9-11,18-19,21H,3-5,7-8,12-17,20H2,(H3,33,34,35,38). The van der Waals surface area contributed by atoms with Gasteiger partial charge in [0.1, 0.15) is 5.82 Å². The minimum atomic E-state index is -0.253. The molecule has 9 nitrogen and oxygen atoms in total. The van der Waals surface area contributed by atoms with Gasteiger partial charge in [-0.2, -0.15) is 9.67 Å². The summed E-state index contributed by atoms with van der Waals surface area (Å²) in [5.41, 5.74) is 11.9. The monoisotopic (exact) mass is 553 g/mol. The molecular formula is C31H36FN9. The normalized spacial score (nSPS) is 17.7. The Kier molecular flexibility index (Phi) is 7.00. The van der Waals surface area contributed by atoms with Crippen LogP contribution in [0.4, 0.5) is 27.7 Å². The first kappa shape index (κ1) is 25.9. The summed E-state index contributed by atoms with van der Waals surface area (Å²) >= 11 is 0. The number of fused-ring (bicyclic) bond motifs is 3. The highest BCUT2D eigenvalue weighted by atomic mass is 19.1. The molecule has 0 bridgehead atoms. The quantitative estimate of drug-likeness (QED) is 0.345. The molecule has 4 aromatic rings. The number of anilines is 4. The number of benzene rings is 2. The third-order valence-electron chi connectivity index (χ3n) is 8.75. The van der Waals surface area contributed by atoms with Crippen LogP contribution in [0, 0.1) is 11.7 Å². The van der Waals surface area contributed by atoms with Crippen molar-refractivity contribution < 1.29 is 4.39 Å². The van der Waals surface area contributed by atoms with Gasteiger partial charge in [-0.05, 0) is 99.3 Å². The molecule has 2 aliphatic heterocycles. The molecule has 2 fully saturated rings. The van der Waals surface area contributed by atoms with Crippen molar-refractivity contribution in [3.8, 4) is 17.1 Å². The average molecular weight is 554 g/mol. The van der Waals surface area contributed by atoms with E-state index < -0.39 is 0 Å². The van der Waals surface area contributed by atoms with Crippen molar-refractivity contribution in [3.63, 3.8) is 0 Å². The molecule has 2 saturated heterocycles. The summed E-state index contributed by atoms with van der Waals surface area (Å²) in [6.45, 7) is 5.43. The average Bonchev–Trinajstić information content (AvgIpc) is 3.58. The van der Waals surface area contributed by atoms with Gasteiger partial charge in [-0.25, -0.2) is 4.39 Å². The second-order valence-corrected chi connectivity index (χ2v) is 11.5. The first-order valence-corrected chi connectivity index (χ1v) is 14.8. The Labute approximate surface area is 239 Å². The Morgan fingerprint density at radius 2 is 1.71 bits per heavy atom. The lowest BCUT2D eigenvalue weighted by atomic mass is 9.96. The maximum absolute atomic E-state index is 15.2. The van der Waals surface area contributed by atoms with Crippen LogP contribution in [0.15, 0.2) is 48.5 Å². The van der Waals surface area contributed by atoms with E-state index in [0.717, 1.165) is 62.0 Å². The van der Waals surface area contributed by atoms with Crippen molar-refractivity contribution in [2.45, 2.75) is 44.9 Å².